The SMILES string of the molecule is NC(=O)c1[nH]c(-c2ccccc2)cc1-c1ccccc1. The zero-order chi connectivity index (χ0) is 13.9. The Morgan fingerprint density at radius 2 is 1.40 bits per heavy atom. The number of benzene rings is 2. The van der Waals surface area contributed by atoms with Gasteiger partial charge in [0.05, 0.1) is 0 Å². The van der Waals surface area contributed by atoms with E-state index in [1.807, 2.05) is 66.7 Å². The van der Waals surface area contributed by atoms with Crippen molar-refractivity contribution < 1.29 is 4.79 Å². The summed E-state index contributed by atoms with van der Waals surface area (Å²) >= 11 is 0. The number of primary amides is 1. The summed E-state index contributed by atoms with van der Waals surface area (Å²) in [5, 5.41) is 0. The van der Waals surface area contributed by atoms with Crippen molar-refractivity contribution in [1.82, 2.24) is 4.98 Å². The molecule has 0 aliphatic rings. The number of carbonyl (C=O) groups is 1. The van der Waals surface area contributed by atoms with E-state index in [1.54, 1.807) is 0 Å². The molecule has 1 aromatic heterocycles. The number of hydrogen-bond donors (Lipinski definition) is 2. The second-order valence-electron chi connectivity index (χ2n) is 4.57. The first-order chi connectivity index (χ1) is 9.75. The van der Waals surface area contributed by atoms with Crippen LogP contribution < -0.4 is 5.73 Å². The van der Waals surface area contributed by atoms with Gasteiger partial charge in [0.25, 0.3) is 5.91 Å². The van der Waals surface area contributed by atoms with Crippen molar-refractivity contribution in [3.8, 4) is 22.4 Å². The number of aromatic amines is 1. The summed E-state index contributed by atoms with van der Waals surface area (Å²) in [7, 11) is 0. The number of amides is 1. The molecule has 20 heavy (non-hydrogen) atoms. The molecule has 98 valence electrons. The number of carbonyl (C=O) groups excluding carboxylic acids is 1. The van der Waals surface area contributed by atoms with Crippen LogP contribution in [0.1, 0.15) is 10.5 Å². The molecule has 0 aliphatic carbocycles. The lowest BCUT2D eigenvalue weighted by Gasteiger charge is -1.99. The number of aromatic nitrogens is 1. The van der Waals surface area contributed by atoms with Crippen molar-refractivity contribution in [2.24, 2.45) is 5.73 Å². The molecule has 0 fully saturated rings. The number of nitrogens with two attached hydrogens (primary N) is 1. The monoisotopic (exact) mass is 262 g/mol. The minimum atomic E-state index is -0.453. The second-order valence-corrected chi connectivity index (χ2v) is 4.57. The van der Waals surface area contributed by atoms with Crippen LogP contribution in [0.15, 0.2) is 66.7 Å². The number of nitrogens with one attached hydrogen (secondary N) is 1. The third-order valence-electron chi connectivity index (χ3n) is 3.23. The average molecular weight is 262 g/mol. The van der Waals surface area contributed by atoms with Crippen molar-refractivity contribution in [1.29, 1.82) is 0 Å². The first-order valence-corrected chi connectivity index (χ1v) is 6.39. The van der Waals surface area contributed by atoms with Gasteiger partial charge in [-0.1, -0.05) is 60.7 Å². The first-order valence-electron chi connectivity index (χ1n) is 6.39. The summed E-state index contributed by atoms with van der Waals surface area (Å²) in [6.07, 6.45) is 0. The number of rotatable bonds is 3. The van der Waals surface area contributed by atoms with Gasteiger partial charge in [0.15, 0.2) is 0 Å². The van der Waals surface area contributed by atoms with Crippen LogP contribution >= 0.6 is 0 Å². The molecule has 0 saturated carbocycles. The molecular weight excluding hydrogens is 248 g/mol. The molecule has 1 amide bonds. The number of hydrogen-bond acceptors (Lipinski definition) is 1. The van der Waals surface area contributed by atoms with Crippen LogP contribution in [0, 0.1) is 0 Å². The normalized spacial score (nSPS) is 10.4. The van der Waals surface area contributed by atoms with Crippen molar-refractivity contribution in [3.05, 3.63) is 72.4 Å². The van der Waals surface area contributed by atoms with Gasteiger partial charge in [-0.25, -0.2) is 0 Å². The van der Waals surface area contributed by atoms with Gasteiger partial charge in [-0.2, -0.15) is 0 Å². The summed E-state index contributed by atoms with van der Waals surface area (Å²) in [6, 6.07) is 21.6. The van der Waals surface area contributed by atoms with Crippen LogP contribution in [-0.4, -0.2) is 10.9 Å². The largest absolute Gasteiger partial charge is 0.364 e. The molecule has 3 nitrogen and oxygen atoms in total. The van der Waals surface area contributed by atoms with Gasteiger partial charge in [0, 0.05) is 11.3 Å². The Morgan fingerprint density at radius 3 is 1.95 bits per heavy atom. The maximum Gasteiger partial charge on any atom is 0.265 e. The van der Waals surface area contributed by atoms with Crippen LogP contribution in [-0.2, 0) is 0 Å². The van der Waals surface area contributed by atoms with E-state index in [1.165, 1.54) is 0 Å². The Balaban J connectivity index is 2.15. The second kappa shape index (κ2) is 5.05. The molecule has 0 atom stereocenters. The molecule has 3 N–H and O–H groups in total. The summed E-state index contributed by atoms with van der Waals surface area (Å²) in [6.45, 7) is 0. The fourth-order valence-corrected chi connectivity index (χ4v) is 2.27. The van der Waals surface area contributed by atoms with E-state index in [0.29, 0.717) is 5.69 Å². The highest BCUT2D eigenvalue weighted by Crippen LogP contribution is 2.29. The van der Waals surface area contributed by atoms with E-state index in [9.17, 15) is 4.79 Å². The summed E-state index contributed by atoms with van der Waals surface area (Å²) in [4.78, 5) is 14.8. The van der Waals surface area contributed by atoms with Crippen LogP contribution in [0.5, 0.6) is 0 Å². The van der Waals surface area contributed by atoms with E-state index in [2.05, 4.69) is 4.98 Å². The van der Waals surface area contributed by atoms with Crippen LogP contribution in [0.4, 0.5) is 0 Å². The topological polar surface area (TPSA) is 58.9 Å². The smallest absolute Gasteiger partial charge is 0.265 e. The van der Waals surface area contributed by atoms with Crippen LogP contribution in [0.2, 0.25) is 0 Å². The van der Waals surface area contributed by atoms with Gasteiger partial charge in [0.2, 0.25) is 0 Å². The van der Waals surface area contributed by atoms with Gasteiger partial charge in [-0.05, 0) is 17.2 Å². The average Bonchev–Trinajstić information content (AvgIpc) is 2.94. The predicted molar refractivity (Wildman–Crippen MR) is 80.2 cm³/mol. The summed E-state index contributed by atoms with van der Waals surface area (Å²) < 4.78 is 0. The van der Waals surface area contributed by atoms with E-state index < -0.39 is 5.91 Å². The van der Waals surface area contributed by atoms with Crippen molar-refractivity contribution in [3.63, 3.8) is 0 Å². The third-order valence-corrected chi connectivity index (χ3v) is 3.23. The zero-order valence-corrected chi connectivity index (χ0v) is 10.8. The van der Waals surface area contributed by atoms with Crippen LogP contribution in [0.3, 0.4) is 0 Å². The Hall–Kier alpha value is -2.81. The van der Waals surface area contributed by atoms with Crippen molar-refractivity contribution >= 4 is 5.91 Å². The molecular formula is C17H14N2O. The summed E-state index contributed by atoms with van der Waals surface area (Å²) in [5.41, 5.74) is 9.63. The first kappa shape index (κ1) is 12.2. The van der Waals surface area contributed by atoms with Gasteiger partial charge in [-0.3, -0.25) is 4.79 Å². The minimum Gasteiger partial charge on any atom is -0.364 e. The predicted octanol–water partition coefficient (Wildman–Crippen LogP) is 3.45. The van der Waals surface area contributed by atoms with Gasteiger partial charge in [-0.15, -0.1) is 0 Å². The lowest BCUT2D eigenvalue weighted by Crippen LogP contribution is -2.12. The highest BCUT2D eigenvalue weighted by molar-refractivity contribution is 5.99. The molecule has 3 heteroatoms. The molecule has 0 radical (unpaired) electrons. The van der Waals surface area contributed by atoms with Gasteiger partial charge >= 0.3 is 0 Å². The Bertz CT molecular complexity index is 730. The molecule has 0 aliphatic heterocycles. The molecule has 0 saturated heterocycles. The molecule has 1 heterocycles. The molecule has 3 rings (SSSR count). The Morgan fingerprint density at radius 1 is 0.850 bits per heavy atom. The fraction of sp³-hybridized carbons (Fsp3) is 0. The standard InChI is InChI=1S/C17H14N2O/c18-17(20)16-14(12-7-3-1-4-8-12)11-15(19-16)13-9-5-2-6-10-13/h1-11,19H,(H2,18,20). The number of H-pyrrole nitrogens is 1. The van der Waals surface area contributed by atoms with Crippen molar-refractivity contribution in [2.45, 2.75) is 0 Å². The van der Waals surface area contributed by atoms with Crippen molar-refractivity contribution in [2.75, 3.05) is 0 Å². The fourth-order valence-electron chi connectivity index (χ4n) is 2.27. The molecule has 3 aromatic rings. The lowest BCUT2D eigenvalue weighted by molar-refractivity contribution is 0.0997. The molecule has 0 unspecified atom stereocenters. The maximum absolute atomic E-state index is 11.6. The van der Waals surface area contributed by atoms with Gasteiger partial charge in [0.1, 0.15) is 5.69 Å². The highest BCUT2D eigenvalue weighted by atomic mass is 16.1. The zero-order valence-electron chi connectivity index (χ0n) is 10.8. The van der Waals surface area contributed by atoms with Gasteiger partial charge < -0.3 is 10.7 Å². The third kappa shape index (κ3) is 2.21. The minimum absolute atomic E-state index is 0.440. The van der Waals surface area contributed by atoms with E-state index in [-0.39, 0.29) is 0 Å². The van der Waals surface area contributed by atoms with E-state index >= 15 is 0 Å². The quantitative estimate of drug-likeness (QED) is 0.746. The maximum atomic E-state index is 11.6. The summed E-state index contributed by atoms with van der Waals surface area (Å²) in [5.74, 6) is -0.453. The Kier molecular flexibility index (Phi) is 3.09. The van der Waals surface area contributed by atoms with E-state index in [4.69, 9.17) is 5.73 Å². The lowest BCUT2D eigenvalue weighted by atomic mass is 10.0. The molecule has 0 spiro atoms. The Labute approximate surface area is 117 Å². The molecule has 0 bridgehead atoms. The highest BCUT2D eigenvalue weighted by Gasteiger charge is 2.14. The molecule has 2 aromatic carbocycles. The van der Waals surface area contributed by atoms with E-state index in [0.717, 1.165) is 22.4 Å². The van der Waals surface area contributed by atoms with Crippen LogP contribution in [0.25, 0.3) is 22.4 Å².